The maximum atomic E-state index is 5.67. The van der Waals surface area contributed by atoms with Crippen molar-refractivity contribution in [3.63, 3.8) is 0 Å². The number of methoxy groups -OCH3 is 2. The highest BCUT2D eigenvalue weighted by atomic mass is 16.5. The van der Waals surface area contributed by atoms with Crippen molar-refractivity contribution in [1.29, 1.82) is 0 Å². The molecule has 2 aromatic carbocycles. The predicted molar refractivity (Wildman–Crippen MR) is 81.3 cm³/mol. The van der Waals surface area contributed by atoms with Crippen LogP contribution in [0.15, 0.2) is 48.5 Å². The van der Waals surface area contributed by atoms with Gasteiger partial charge in [-0.15, -0.1) is 6.42 Å². The third kappa shape index (κ3) is 3.33. The Morgan fingerprint density at radius 3 is 1.85 bits per heavy atom. The van der Waals surface area contributed by atoms with E-state index in [1.54, 1.807) is 14.2 Å². The Balaban J connectivity index is 2.13. The van der Waals surface area contributed by atoms with Crippen molar-refractivity contribution >= 4 is 0 Å². The quantitative estimate of drug-likeness (QED) is 0.769. The summed E-state index contributed by atoms with van der Waals surface area (Å²) in [5, 5.41) is 0. The molecule has 0 saturated carbocycles. The van der Waals surface area contributed by atoms with Crippen molar-refractivity contribution in [2.24, 2.45) is 0 Å². The van der Waals surface area contributed by atoms with Crippen LogP contribution >= 0.6 is 0 Å². The number of hydrogen-bond donors (Lipinski definition) is 0. The molecule has 0 heterocycles. The summed E-state index contributed by atoms with van der Waals surface area (Å²) in [5.74, 6) is 4.62. The zero-order chi connectivity index (χ0) is 14.4. The van der Waals surface area contributed by atoms with E-state index in [4.69, 9.17) is 15.9 Å². The minimum absolute atomic E-state index is 0.0642. The van der Waals surface area contributed by atoms with Gasteiger partial charge in [-0.1, -0.05) is 30.2 Å². The Morgan fingerprint density at radius 2 is 1.40 bits per heavy atom. The Hall–Kier alpha value is -2.40. The Bertz CT molecular complexity index is 576. The topological polar surface area (TPSA) is 18.5 Å². The number of rotatable bonds is 5. The normalized spacial score (nSPS) is 11.4. The van der Waals surface area contributed by atoms with Gasteiger partial charge in [0.25, 0.3) is 0 Å². The molecule has 0 N–H and O–H groups in total. The molecule has 0 aliphatic rings. The van der Waals surface area contributed by atoms with E-state index >= 15 is 0 Å². The molecule has 20 heavy (non-hydrogen) atoms. The summed E-state index contributed by atoms with van der Waals surface area (Å²) in [5.41, 5.74) is 2.33. The van der Waals surface area contributed by atoms with E-state index in [0.717, 1.165) is 23.5 Å². The predicted octanol–water partition coefficient (Wildman–Crippen LogP) is 3.66. The maximum absolute atomic E-state index is 5.67. The fourth-order valence-corrected chi connectivity index (χ4v) is 2.11. The molecular formula is C18H18O2. The van der Waals surface area contributed by atoms with Gasteiger partial charge in [0.2, 0.25) is 0 Å². The van der Waals surface area contributed by atoms with Crippen LogP contribution in [0.1, 0.15) is 17.0 Å². The lowest BCUT2D eigenvalue weighted by molar-refractivity contribution is 0.414. The van der Waals surface area contributed by atoms with E-state index in [-0.39, 0.29) is 5.92 Å². The molecule has 2 aromatic rings. The van der Waals surface area contributed by atoms with E-state index < -0.39 is 0 Å². The van der Waals surface area contributed by atoms with Crippen molar-refractivity contribution in [2.75, 3.05) is 14.2 Å². The maximum Gasteiger partial charge on any atom is 0.118 e. The number of hydrogen-bond acceptors (Lipinski definition) is 2. The highest BCUT2D eigenvalue weighted by molar-refractivity contribution is 5.35. The van der Waals surface area contributed by atoms with Gasteiger partial charge in [0.05, 0.1) is 14.2 Å². The van der Waals surface area contributed by atoms with Crippen LogP contribution in [-0.2, 0) is 6.42 Å². The molecule has 0 spiro atoms. The molecule has 2 heteroatoms. The first kappa shape index (κ1) is 14.0. The first-order valence-electron chi connectivity index (χ1n) is 6.50. The lowest BCUT2D eigenvalue weighted by Crippen LogP contribution is -2.00. The van der Waals surface area contributed by atoms with Crippen LogP contribution in [-0.4, -0.2) is 14.2 Å². The van der Waals surface area contributed by atoms with Gasteiger partial charge in [-0.2, -0.15) is 0 Å². The van der Waals surface area contributed by atoms with Gasteiger partial charge in [0.15, 0.2) is 0 Å². The van der Waals surface area contributed by atoms with E-state index in [9.17, 15) is 0 Å². The highest BCUT2D eigenvalue weighted by Crippen LogP contribution is 2.23. The second-order valence-electron chi connectivity index (χ2n) is 4.54. The van der Waals surface area contributed by atoms with Crippen LogP contribution in [0, 0.1) is 12.3 Å². The Kier molecular flexibility index (Phi) is 4.68. The molecule has 0 radical (unpaired) electrons. The van der Waals surface area contributed by atoms with Crippen molar-refractivity contribution in [3.8, 4) is 23.8 Å². The van der Waals surface area contributed by atoms with Crippen LogP contribution in [0.5, 0.6) is 11.5 Å². The van der Waals surface area contributed by atoms with Crippen molar-refractivity contribution in [3.05, 3.63) is 59.7 Å². The molecule has 0 unspecified atom stereocenters. The van der Waals surface area contributed by atoms with Crippen LogP contribution in [0.25, 0.3) is 0 Å². The van der Waals surface area contributed by atoms with Gasteiger partial charge in [-0.05, 0) is 41.8 Å². The standard InChI is InChI=1S/C18H18O2/c1-4-15(16-7-11-18(20-3)12-8-16)13-14-5-9-17(19-2)10-6-14/h1,5-12,15H,13H2,2-3H3/t15-/m1/s1. The Labute approximate surface area is 120 Å². The number of terminal acetylenes is 1. The van der Waals surface area contributed by atoms with E-state index in [1.807, 2.05) is 48.5 Å². The zero-order valence-electron chi connectivity index (χ0n) is 11.8. The highest BCUT2D eigenvalue weighted by Gasteiger charge is 2.09. The van der Waals surface area contributed by atoms with Crippen LogP contribution in [0.2, 0.25) is 0 Å². The van der Waals surface area contributed by atoms with Crippen molar-refractivity contribution < 1.29 is 9.47 Å². The van der Waals surface area contributed by atoms with Gasteiger partial charge in [0.1, 0.15) is 11.5 Å². The number of ether oxygens (including phenoxy) is 2. The molecule has 0 aliphatic heterocycles. The monoisotopic (exact) mass is 266 g/mol. The summed E-state index contributed by atoms with van der Waals surface area (Å²) < 4.78 is 10.3. The van der Waals surface area contributed by atoms with Gasteiger partial charge in [-0.3, -0.25) is 0 Å². The molecule has 0 saturated heterocycles. The zero-order valence-corrected chi connectivity index (χ0v) is 11.8. The van der Waals surface area contributed by atoms with Crippen molar-refractivity contribution in [1.82, 2.24) is 0 Å². The van der Waals surface area contributed by atoms with E-state index in [2.05, 4.69) is 5.92 Å². The average Bonchev–Trinajstić information content (AvgIpc) is 2.53. The lowest BCUT2D eigenvalue weighted by atomic mass is 9.92. The largest absolute Gasteiger partial charge is 0.497 e. The van der Waals surface area contributed by atoms with Gasteiger partial charge >= 0.3 is 0 Å². The van der Waals surface area contributed by atoms with Gasteiger partial charge < -0.3 is 9.47 Å². The third-order valence-electron chi connectivity index (χ3n) is 3.32. The molecule has 0 fully saturated rings. The fraction of sp³-hybridized carbons (Fsp3) is 0.222. The molecule has 0 amide bonds. The summed E-state index contributed by atoms with van der Waals surface area (Å²) in [6.45, 7) is 0. The molecule has 102 valence electrons. The van der Waals surface area contributed by atoms with Crippen LogP contribution < -0.4 is 9.47 Å². The van der Waals surface area contributed by atoms with Gasteiger partial charge in [0, 0.05) is 5.92 Å². The molecule has 1 atom stereocenters. The Morgan fingerprint density at radius 1 is 0.900 bits per heavy atom. The first-order valence-corrected chi connectivity index (χ1v) is 6.50. The summed E-state index contributed by atoms with van der Waals surface area (Å²) >= 11 is 0. The molecule has 0 aliphatic carbocycles. The fourth-order valence-electron chi connectivity index (χ4n) is 2.11. The van der Waals surface area contributed by atoms with Gasteiger partial charge in [-0.25, -0.2) is 0 Å². The molecule has 2 rings (SSSR count). The lowest BCUT2D eigenvalue weighted by Gasteiger charge is -2.12. The smallest absolute Gasteiger partial charge is 0.118 e. The SMILES string of the molecule is C#C[C@H](Cc1ccc(OC)cc1)c1ccc(OC)cc1. The molecule has 0 aromatic heterocycles. The average molecular weight is 266 g/mol. The molecule has 0 bridgehead atoms. The minimum Gasteiger partial charge on any atom is -0.497 e. The van der Waals surface area contributed by atoms with Crippen LogP contribution in [0.4, 0.5) is 0 Å². The van der Waals surface area contributed by atoms with Crippen LogP contribution in [0.3, 0.4) is 0 Å². The van der Waals surface area contributed by atoms with E-state index in [0.29, 0.717) is 0 Å². The van der Waals surface area contributed by atoms with E-state index in [1.165, 1.54) is 5.56 Å². The summed E-state index contributed by atoms with van der Waals surface area (Å²) in [6.07, 6.45) is 6.49. The van der Waals surface area contributed by atoms with Crippen molar-refractivity contribution in [2.45, 2.75) is 12.3 Å². The third-order valence-corrected chi connectivity index (χ3v) is 3.32. The first-order chi connectivity index (χ1) is 9.76. The molecule has 2 nitrogen and oxygen atoms in total. The summed E-state index contributed by atoms with van der Waals surface area (Å²) in [6, 6.07) is 15.9. The second-order valence-corrected chi connectivity index (χ2v) is 4.54. The minimum atomic E-state index is 0.0642. The summed E-state index contributed by atoms with van der Waals surface area (Å²) in [7, 11) is 3.32. The summed E-state index contributed by atoms with van der Waals surface area (Å²) in [4.78, 5) is 0. The molecular weight excluding hydrogens is 248 g/mol. The second kappa shape index (κ2) is 6.68. The number of benzene rings is 2.